The van der Waals surface area contributed by atoms with E-state index >= 15 is 0 Å². The topological polar surface area (TPSA) is 18.5 Å². The molecule has 3 heteroatoms. The fraction of sp³-hybridized carbons (Fsp3) is 0.500. The Kier molecular flexibility index (Phi) is 3.34. The fourth-order valence-electron chi connectivity index (χ4n) is 1.95. The van der Waals surface area contributed by atoms with Crippen LogP contribution in [0.4, 0.5) is 4.39 Å². The molecule has 2 rings (SSSR count). The molecule has 1 aromatic rings. The van der Waals surface area contributed by atoms with E-state index in [1.54, 1.807) is 7.11 Å². The molecule has 0 radical (unpaired) electrons. The van der Waals surface area contributed by atoms with Gasteiger partial charge in [-0.25, -0.2) is 4.39 Å². The summed E-state index contributed by atoms with van der Waals surface area (Å²) in [5, 5.41) is 0. The Hall–Kier alpha value is -0.930. The van der Waals surface area contributed by atoms with Gasteiger partial charge < -0.3 is 9.47 Å². The number of halogens is 1. The Labute approximate surface area is 89.0 Å². The van der Waals surface area contributed by atoms with Gasteiger partial charge in [0.15, 0.2) is 0 Å². The molecule has 15 heavy (non-hydrogen) atoms. The molecule has 0 N–H and O–H groups in total. The summed E-state index contributed by atoms with van der Waals surface area (Å²) < 4.78 is 24.2. The standard InChI is InChI=1S/C12H15FO2/c1-14-8-10-7-11(13)12(15-10)9-5-3-2-4-6-9/h2-6,10-12H,7-8H2,1H3/t10-,11+,12-/m0/s1. The zero-order valence-corrected chi connectivity index (χ0v) is 8.73. The van der Waals surface area contributed by atoms with Gasteiger partial charge in [-0.2, -0.15) is 0 Å². The van der Waals surface area contributed by atoms with Gasteiger partial charge in [0.2, 0.25) is 0 Å². The predicted octanol–water partition coefficient (Wildman–Crippen LogP) is 2.50. The summed E-state index contributed by atoms with van der Waals surface area (Å²) in [5.41, 5.74) is 0.906. The van der Waals surface area contributed by atoms with Crippen LogP contribution in [0.15, 0.2) is 30.3 Å². The van der Waals surface area contributed by atoms with E-state index in [0.717, 1.165) is 5.56 Å². The molecule has 2 nitrogen and oxygen atoms in total. The van der Waals surface area contributed by atoms with E-state index < -0.39 is 12.3 Å². The van der Waals surface area contributed by atoms with Crippen LogP contribution in [0.5, 0.6) is 0 Å². The molecule has 0 unspecified atom stereocenters. The second-order valence-corrected chi connectivity index (χ2v) is 3.80. The Morgan fingerprint density at radius 3 is 2.80 bits per heavy atom. The van der Waals surface area contributed by atoms with Gasteiger partial charge in [-0.1, -0.05) is 30.3 Å². The van der Waals surface area contributed by atoms with Crippen LogP contribution in [0.2, 0.25) is 0 Å². The van der Waals surface area contributed by atoms with Crippen LogP contribution in [-0.4, -0.2) is 26.0 Å². The lowest BCUT2D eigenvalue weighted by molar-refractivity contribution is -0.0102. The van der Waals surface area contributed by atoms with Crippen molar-refractivity contribution in [2.45, 2.75) is 24.8 Å². The molecule has 3 atom stereocenters. The predicted molar refractivity (Wildman–Crippen MR) is 55.4 cm³/mol. The summed E-state index contributed by atoms with van der Waals surface area (Å²) in [4.78, 5) is 0. The van der Waals surface area contributed by atoms with Crippen molar-refractivity contribution in [2.24, 2.45) is 0 Å². The quantitative estimate of drug-likeness (QED) is 0.763. The first kappa shape index (κ1) is 10.6. The molecule has 1 heterocycles. The highest BCUT2D eigenvalue weighted by Crippen LogP contribution is 2.35. The van der Waals surface area contributed by atoms with E-state index in [4.69, 9.17) is 9.47 Å². The number of hydrogen-bond donors (Lipinski definition) is 0. The van der Waals surface area contributed by atoms with Crippen molar-refractivity contribution < 1.29 is 13.9 Å². The van der Waals surface area contributed by atoms with Gasteiger partial charge in [-0.15, -0.1) is 0 Å². The second kappa shape index (κ2) is 4.73. The molecule has 1 fully saturated rings. The highest BCUT2D eigenvalue weighted by atomic mass is 19.1. The molecular formula is C12H15FO2. The van der Waals surface area contributed by atoms with Crippen LogP contribution in [-0.2, 0) is 9.47 Å². The van der Waals surface area contributed by atoms with E-state index in [2.05, 4.69) is 0 Å². The first-order valence-electron chi connectivity index (χ1n) is 5.14. The minimum atomic E-state index is -0.924. The van der Waals surface area contributed by atoms with E-state index in [-0.39, 0.29) is 6.10 Å². The molecule has 0 bridgehead atoms. The lowest BCUT2D eigenvalue weighted by Gasteiger charge is -2.13. The number of rotatable bonds is 3. The maximum absolute atomic E-state index is 13.7. The average Bonchev–Trinajstić information content (AvgIpc) is 2.61. The van der Waals surface area contributed by atoms with Gasteiger partial charge in [0, 0.05) is 13.5 Å². The van der Waals surface area contributed by atoms with Crippen LogP contribution in [0.25, 0.3) is 0 Å². The van der Waals surface area contributed by atoms with Gasteiger partial charge >= 0.3 is 0 Å². The largest absolute Gasteiger partial charge is 0.382 e. The smallest absolute Gasteiger partial charge is 0.133 e. The summed E-state index contributed by atoms with van der Waals surface area (Å²) >= 11 is 0. The molecule has 0 aliphatic carbocycles. The van der Waals surface area contributed by atoms with Crippen molar-refractivity contribution in [3.8, 4) is 0 Å². The highest BCUT2D eigenvalue weighted by Gasteiger charge is 2.36. The van der Waals surface area contributed by atoms with Crippen molar-refractivity contribution in [2.75, 3.05) is 13.7 Å². The van der Waals surface area contributed by atoms with Crippen LogP contribution < -0.4 is 0 Å². The Balaban J connectivity index is 2.05. The van der Waals surface area contributed by atoms with Gasteiger partial charge in [0.1, 0.15) is 12.3 Å². The Bertz CT molecular complexity index is 302. The molecule has 1 aliphatic rings. The minimum absolute atomic E-state index is 0.116. The number of benzene rings is 1. The monoisotopic (exact) mass is 210 g/mol. The summed E-state index contributed by atoms with van der Waals surface area (Å²) in [7, 11) is 1.60. The van der Waals surface area contributed by atoms with Gasteiger partial charge in [-0.3, -0.25) is 0 Å². The molecule has 0 amide bonds. The fourth-order valence-corrected chi connectivity index (χ4v) is 1.95. The van der Waals surface area contributed by atoms with Crippen molar-refractivity contribution in [3.63, 3.8) is 0 Å². The normalized spacial score (nSPS) is 30.7. The number of ether oxygens (including phenoxy) is 2. The lowest BCUT2D eigenvalue weighted by atomic mass is 10.0. The first-order chi connectivity index (χ1) is 7.31. The number of methoxy groups -OCH3 is 1. The number of hydrogen-bond acceptors (Lipinski definition) is 2. The van der Waals surface area contributed by atoms with E-state index in [1.807, 2.05) is 30.3 Å². The van der Waals surface area contributed by atoms with Gasteiger partial charge in [-0.05, 0) is 5.56 Å². The molecule has 1 aliphatic heterocycles. The SMILES string of the molecule is COC[C@@H]1C[C@@H](F)[C@H](c2ccccc2)O1. The third kappa shape index (κ3) is 2.36. The minimum Gasteiger partial charge on any atom is -0.382 e. The Morgan fingerprint density at radius 2 is 2.13 bits per heavy atom. The summed E-state index contributed by atoms with van der Waals surface area (Å²) in [6.45, 7) is 0.462. The molecule has 0 spiro atoms. The number of alkyl halides is 1. The summed E-state index contributed by atoms with van der Waals surface area (Å²) in [6.07, 6.45) is -1.04. The van der Waals surface area contributed by atoms with Crippen LogP contribution in [0.3, 0.4) is 0 Å². The third-order valence-electron chi connectivity index (χ3n) is 2.64. The van der Waals surface area contributed by atoms with E-state index in [0.29, 0.717) is 13.0 Å². The van der Waals surface area contributed by atoms with Crippen LogP contribution >= 0.6 is 0 Å². The van der Waals surface area contributed by atoms with Crippen molar-refractivity contribution in [1.82, 2.24) is 0 Å². The lowest BCUT2D eigenvalue weighted by Crippen LogP contribution is -2.13. The zero-order chi connectivity index (χ0) is 10.7. The van der Waals surface area contributed by atoms with Crippen LogP contribution in [0.1, 0.15) is 18.1 Å². The average molecular weight is 210 g/mol. The van der Waals surface area contributed by atoms with E-state index in [1.165, 1.54) is 0 Å². The van der Waals surface area contributed by atoms with Gasteiger partial charge in [0.05, 0.1) is 12.7 Å². The van der Waals surface area contributed by atoms with Crippen molar-refractivity contribution in [3.05, 3.63) is 35.9 Å². The Morgan fingerprint density at radius 1 is 1.40 bits per heavy atom. The van der Waals surface area contributed by atoms with Crippen LogP contribution in [0, 0.1) is 0 Å². The highest BCUT2D eigenvalue weighted by molar-refractivity contribution is 5.19. The summed E-state index contributed by atoms with van der Waals surface area (Å²) in [6, 6.07) is 9.50. The molecule has 0 aromatic heterocycles. The molecule has 0 saturated carbocycles. The molecule has 1 aromatic carbocycles. The maximum atomic E-state index is 13.7. The zero-order valence-electron chi connectivity index (χ0n) is 8.73. The van der Waals surface area contributed by atoms with Crippen molar-refractivity contribution in [1.29, 1.82) is 0 Å². The first-order valence-corrected chi connectivity index (χ1v) is 5.14. The third-order valence-corrected chi connectivity index (χ3v) is 2.64. The molecule has 1 saturated heterocycles. The molecular weight excluding hydrogens is 195 g/mol. The molecule has 82 valence electrons. The maximum Gasteiger partial charge on any atom is 0.133 e. The summed E-state index contributed by atoms with van der Waals surface area (Å²) in [5.74, 6) is 0. The second-order valence-electron chi connectivity index (χ2n) is 3.80. The van der Waals surface area contributed by atoms with Crippen molar-refractivity contribution >= 4 is 0 Å². The van der Waals surface area contributed by atoms with E-state index in [9.17, 15) is 4.39 Å². The van der Waals surface area contributed by atoms with Gasteiger partial charge in [0.25, 0.3) is 0 Å².